The molecule has 4 nitrogen and oxygen atoms in total. The fourth-order valence-corrected chi connectivity index (χ4v) is 2.06. The van der Waals surface area contributed by atoms with E-state index in [1.54, 1.807) is 6.07 Å². The van der Waals surface area contributed by atoms with Crippen molar-refractivity contribution < 1.29 is 22.7 Å². The number of fused-ring (bicyclic) bond motifs is 1. The van der Waals surface area contributed by atoms with Gasteiger partial charge in [0.1, 0.15) is 5.75 Å². The lowest BCUT2D eigenvalue weighted by Gasteiger charge is -2.26. The van der Waals surface area contributed by atoms with Crippen molar-refractivity contribution in [1.82, 2.24) is 10.6 Å². The molecule has 7 heteroatoms. The van der Waals surface area contributed by atoms with Crippen molar-refractivity contribution in [3.8, 4) is 5.75 Å². The van der Waals surface area contributed by atoms with Gasteiger partial charge in [0.2, 0.25) is 5.91 Å². The summed E-state index contributed by atoms with van der Waals surface area (Å²) in [5.41, 5.74) is 0.850. The number of amides is 1. The Hall–Kier alpha value is -1.76. The van der Waals surface area contributed by atoms with Gasteiger partial charge in [0, 0.05) is 12.0 Å². The van der Waals surface area contributed by atoms with Gasteiger partial charge in [0.25, 0.3) is 0 Å². The maximum absolute atomic E-state index is 12.0. The van der Waals surface area contributed by atoms with E-state index in [9.17, 15) is 18.0 Å². The third kappa shape index (κ3) is 4.12. The number of rotatable bonds is 4. The van der Waals surface area contributed by atoms with Crippen LogP contribution >= 0.6 is 0 Å². The summed E-state index contributed by atoms with van der Waals surface area (Å²) in [5.74, 6) is 0.239. The van der Waals surface area contributed by atoms with E-state index in [1.807, 2.05) is 18.2 Å². The van der Waals surface area contributed by atoms with Crippen LogP contribution in [0.4, 0.5) is 13.2 Å². The molecule has 1 aliphatic rings. The average molecular weight is 288 g/mol. The first-order valence-electron chi connectivity index (χ1n) is 6.24. The second kappa shape index (κ2) is 6.13. The zero-order chi connectivity index (χ0) is 14.6. The lowest BCUT2D eigenvalue weighted by atomic mass is 10.0. The highest BCUT2D eigenvalue weighted by molar-refractivity contribution is 5.78. The van der Waals surface area contributed by atoms with Crippen LogP contribution in [-0.2, 0) is 4.79 Å². The molecule has 2 N–H and O–H groups in total. The van der Waals surface area contributed by atoms with Gasteiger partial charge in [-0.3, -0.25) is 4.79 Å². The van der Waals surface area contributed by atoms with Gasteiger partial charge < -0.3 is 15.4 Å². The topological polar surface area (TPSA) is 50.4 Å². The average Bonchev–Trinajstić information content (AvgIpc) is 2.37. The Morgan fingerprint density at radius 3 is 2.85 bits per heavy atom. The van der Waals surface area contributed by atoms with Crippen molar-refractivity contribution in [1.29, 1.82) is 0 Å². The van der Waals surface area contributed by atoms with Gasteiger partial charge in [0.05, 0.1) is 25.7 Å². The summed E-state index contributed by atoms with van der Waals surface area (Å²) in [6.07, 6.45) is -3.71. The Labute approximate surface area is 114 Å². The highest BCUT2D eigenvalue weighted by Gasteiger charge is 2.27. The standard InChI is InChI=1S/C13H15F3N2O2/c14-13(15,16)8-17-7-12(19)18-10-5-6-20-11-4-2-1-3-9(10)11/h1-4,10,17H,5-8H2,(H,18,19). The third-order valence-electron chi connectivity index (χ3n) is 2.90. The summed E-state index contributed by atoms with van der Waals surface area (Å²) >= 11 is 0. The Kier molecular flexibility index (Phi) is 4.49. The van der Waals surface area contributed by atoms with Gasteiger partial charge in [-0.25, -0.2) is 0 Å². The largest absolute Gasteiger partial charge is 0.493 e. The molecule has 110 valence electrons. The second-order valence-corrected chi connectivity index (χ2v) is 4.51. The van der Waals surface area contributed by atoms with Gasteiger partial charge >= 0.3 is 6.18 Å². The zero-order valence-corrected chi connectivity index (χ0v) is 10.7. The molecular weight excluding hydrogens is 273 g/mol. The number of nitrogens with one attached hydrogen (secondary N) is 2. The van der Waals surface area contributed by atoms with Crippen LogP contribution in [0, 0.1) is 0 Å². The number of para-hydroxylation sites is 1. The number of hydrogen-bond donors (Lipinski definition) is 2. The van der Waals surface area contributed by atoms with E-state index < -0.39 is 18.6 Å². The normalized spacial score (nSPS) is 18.1. The van der Waals surface area contributed by atoms with Crippen LogP contribution in [0.25, 0.3) is 0 Å². The maximum atomic E-state index is 12.0. The molecule has 1 aromatic carbocycles. The molecule has 0 spiro atoms. The van der Waals surface area contributed by atoms with Gasteiger partial charge in [-0.15, -0.1) is 0 Å². The number of ether oxygens (including phenoxy) is 1. The Morgan fingerprint density at radius 1 is 1.35 bits per heavy atom. The first kappa shape index (κ1) is 14.6. The molecule has 0 bridgehead atoms. The van der Waals surface area contributed by atoms with Gasteiger partial charge in [-0.1, -0.05) is 18.2 Å². The molecule has 2 rings (SSSR count). The molecule has 1 unspecified atom stereocenters. The summed E-state index contributed by atoms with van der Waals surface area (Å²) in [6.45, 7) is -1.07. The number of halogens is 3. The monoisotopic (exact) mass is 288 g/mol. The van der Waals surface area contributed by atoms with Crippen molar-refractivity contribution in [2.24, 2.45) is 0 Å². The highest BCUT2D eigenvalue weighted by atomic mass is 19.4. The predicted molar refractivity (Wildman–Crippen MR) is 66.4 cm³/mol. The lowest BCUT2D eigenvalue weighted by molar-refractivity contribution is -0.128. The summed E-state index contributed by atoms with van der Waals surface area (Å²) in [6, 6.07) is 7.07. The van der Waals surface area contributed by atoms with Crippen molar-refractivity contribution in [2.75, 3.05) is 19.7 Å². The van der Waals surface area contributed by atoms with Crippen LogP contribution < -0.4 is 15.4 Å². The zero-order valence-electron chi connectivity index (χ0n) is 10.7. The van der Waals surface area contributed by atoms with Crippen LogP contribution in [0.15, 0.2) is 24.3 Å². The molecule has 0 radical (unpaired) electrons. The number of benzene rings is 1. The molecule has 1 aromatic rings. The van der Waals surface area contributed by atoms with Crippen molar-refractivity contribution in [2.45, 2.75) is 18.6 Å². The second-order valence-electron chi connectivity index (χ2n) is 4.51. The third-order valence-corrected chi connectivity index (χ3v) is 2.90. The Balaban J connectivity index is 1.86. The summed E-state index contributed by atoms with van der Waals surface area (Å²) in [4.78, 5) is 11.6. The number of carbonyl (C=O) groups excluding carboxylic acids is 1. The van der Waals surface area contributed by atoms with Gasteiger partial charge in [0.15, 0.2) is 0 Å². The predicted octanol–water partition coefficient (Wildman–Crippen LogP) is 1.78. The molecule has 20 heavy (non-hydrogen) atoms. The minimum absolute atomic E-state index is 0.222. The molecule has 0 fully saturated rings. The fraction of sp³-hybridized carbons (Fsp3) is 0.462. The summed E-state index contributed by atoms with van der Waals surface area (Å²) in [5, 5.41) is 4.78. The van der Waals surface area contributed by atoms with Crippen molar-refractivity contribution in [3.05, 3.63) is 29.8 Å². The molecule has 0 saturated carbocycles. The van der Waals surface area contributed by atoms with Gasteiger partial charge in [-0.2, -0.15) is 13.2 Å². The van der Waals surface area contributed by atoms with E-state index in [0.29, 0.717) is 18.8 Å². The van der Waals surface area contributed by atoms with Crippen molar-refractivity contribution >= 4 is 5.91 Å². The van der Waals surface area contributed by atoms with Crippen LogP contribution in [0.2, 0.25) is 0 Å². The van der Waals surface area contributed by atoms with Crippen LogP contribution in [0.5, 0.6) is 5.75 Å². The SMILES string of the molecule is O=C(CNCC(F)(F)F)NC1CCOc2ccccc21. The molecular formula is C13H15F3N2O2. The summed E-state index contributed by atoms with van der Waals surface area (Å²) < 4.78 is 41.3. The highest BCUT2D eigenvalue weighted by Crippen LogP contribution is 2.31. The number of carbonyl (C=O) groups is 1. The Morgan fingerprint density at radius 2 is 2.10 bits per heavy atom. The number of alkyl halides is 3. The molecule has 1 heterocycles. The quantitative estimate of drug-likeness (QED) is 0.888. The minimum atomic E-state index is -4.31. The maximum Gasteiger partial charge on any atom is 0.401 e. The molecule has 1 aliphatic heterocycles. The van der Waals surface area contributed by atoms with Gasteiger partial charge in [-0.05, 0) is 6.07 Å². The molecule has 0 aromatic heterocycles. The first-order chi connectivity index (χ1) is 9.46. The van der Waals surface area contributed by atoms with Crippen molar-refractivity contribution in [3.63, 3.8) is 0 Å². The van der Waals surface area contributed by atoms with E-state index in [1.165, 1.54) is 0 Å². The minimum Gasteiger partial charge on any atom is -0.493 e. The van der Waals surface area contributed by atoms with E-state index in [-0.39, 0.29) is 12.6 Å². The number of hydrogen-bond acceptors (Lipinski definition) is 3. The molecule has 0 saturated heterocycles. The van der Waals surface area contributed by atoms with E-state index in [2.05, 4.69) is 10.6 Å². The Bertz CT molecular complexity index is 477. The molecule has 1 amide bonds. The fourth-order valence-electron chi connectivity index (χ4n) is 2.06. The van der Waals surface area contributed by atoms with E-state index in [0.717, 1.165) is 5.56 Å². The molecule has 1 atom stereocenters. The first-order valence-corrected chi connectivity index (χ1v) is 6.24. The van der Waals surface area contributed by atoms with Crippen LogP contribution in [0.3, 0.4) is 0 Å². The van der Waals surface area contributed by atoms with E-state index in [4.69, 9.17) is 4.74 Å². The van der Waals surface area contributed by atoms with Crippen LogP contribution in [0.1, 0.15) is 18.0 Å². The molecule has 0 aliphatic carbocycles. The van der Waals surface area contributed by atoms with E-state index >= 15 is 0 Å². The smallest absolute Gasteiger partial charge is 0.401 e. The summed E-state index contributed by atoms with van der Waals surface area (Å²) in [7, 11) is 0. The van der Waals surface area contributed by atoms with Crippen LogP contribution in [-0.4, -0.2) is 31.8 Å². The lowest BCUT2D eigenvalue weighted by Crippen LogP contribution is -2.40.